The molecule has 138 valence electrons. The fourth-order valence-electron chi connectivity index (χ4n) is 2.82. The third-order valence-corrected chi connectivity index (χ3v) is 6.07. The van der Waals surface area contributed by atoms with Crippen LogP contribution in [-0.2, 0) is 23.1 Å². The first-order valence-electron chi connectivity index (χ1n) is 8.66. The number of carbonyl (C=O) groups excluding carboxylic acids is 1. The minimum Gasteiger partial charge on any atom is -0.295 e. The average Bonchev–Trinajstić information content (AvgIpc) is 2.69. The number of hydrogen-bond donors (Lipinski definition) is 0. The molecule has 0 amide bonds. The van der Waals surface area contributed by atoms with Gasteiger partial charge in [0.1, 0.15) is 0 Å². The Labute approximate surface area is 160 Å². The second-order valence-corrected chi connectivity index (χ2v) is 8.27. The van der Waals surface area contributed by atoms with Crippen LogP contribution in [-0.4, -0.2) is 18.5 Å². The first-order chi connectivity index (χ1) is 13.0. The molecule has 0 aliphatic carbocycles. The van der Waals surface area contributed by atoms with Crippen molar-refractivity contribution >= 4 is 15.8 Å². The van der Waals surface area contributed by atoms with E-state index in [4.69, 9.17) is 0 Å². The number of carbonyl (C=O) groups is 1. The van der Waals surface area contributed by atoms with E-state index in [1.54, 1.807) is 12.1 Å². The molecule has 0 fully saturated rings. The first kappa shape index (κ1) is 19.0. The number of rotatable bonds is 7. The van der Waals surface area contributed by atoms with Crippen molar-refractivity contribution in [1.29, 1.82) is 0 Å². The van der Waals surface area contributed by atoms with Gasteiger partial charge in [-0.1, -0.05) is 72.8 Å². The van der Waals surface area contributed by atoms with Gasteiger partial charge in [0, 0.05) is 18.7 Å². The van der Waals surface area contributed by atoms with Gasteiger partial charge in [0.2, 0.25) is 10.0 Å². The Morgan fingerprint density at radius 2 is 1.30 bits per heavy atom. The van der Waals surface area contributed by atoms with E-state index in [0.717, 1.165) is 11.1 Å². The Hall–Kier alpha value is -2.76. The molecule has 0 radical (unpaired) electrons. The van der Waals surface area contributed by atoms with Crippen LogP contribution < -0.4 is 0 Å². The van der Waals surface area contributed by atoms with Crippen LogP contribution in [0.15, 0.2) is 89.8 Å². The monoisotopic (exact) mass is 379 g/mol. The molecule has 0 atom stereocenters. The molecule has 3 rings (SSSR count). The van der Waals surface area contributed by atoms with E-state index in [1.165, 1.54) is 23.4 Å². The minimum absolute atomic E-state index is 0.127. The first-order valence-corrected chi connectivity index (χ1v) is 10.1. The summed E-state index contributed by atoms with van der Waals surface area (Å²) in [5.74, 6) is -0.162. The third kappa shape index (κ3) is 4.70. The molecule has 0 spiro atoms. The summed E-state index contributed by atoms with van der Waals surface area (Å²) in [6.45, 7) is 1.93. The van der Waals surface area contributed by atoms with E-state index in [-0.39, 0.29) is 23.8 Å². The van der Waals surface area contributed by atoms with E-state index in [0.29, 0.717) is 5.56 Å². The van der Waals surface area contributed by atoms with Crippen LogP contribution in [0.2, 0.25) is 0 Å². The average molecular weight is 379 g/mol. The summed E-state index contributed by atoms with van der Waals surface area (Å²) in [7, 11) is -3.77. The number of sulfonamides is 1. The SMILES string of the molecule is CC(=O)c1cccc(S(=O)(=O)N(Cc2ccccc2)Cc2ccccc2)c1. The topological polar surface area (TPSA) is 54.5 Å². The summed E-state index contributed by atoms with van der Waals surface area (Å²) in [5, 5.41) is 0. The lowest BCUT2D eigenvalue weighted by Gasteiger charge is -2.23. The van der Waals surface area contributed by atoms with Crippen molar-refractivity contribution in [3.8, 4) is 0 Å². The van der Waals surface area contributed by atoms with Gasteiger partial charge in [0.05, 0.1) is 4.90 Å². The smallest absolute Gasteiger partial charge is 0.243 e. The summed E-state index contributed by atoms with van der Waals surface area (Å²) in [5.41, 5.74) is 2.19. The lowest BCUT2D eigenvalue weighted by molar-refractivity contribution is 0.101. The maximum Gasteiger partial charge on any atom is 0.243 e. The van der Waals surface area contributed by atoms with Crippen molar-refractivity contribution in [2.45, 2.75) is 24.9 Å². The molecular formula is C22H21NO3S. The summed E-state index contributed by atoms with van der Waals surface area (Å²) >= 11 is 0. The van der Waals surface area contributed by atoms with Crippen LogP contribution in [0.1, 0.15) is 28.4 Å². The Balaban J connectivity index is 1.99. The molecule has 5 heteroatoms. The molecule has 0 saturated carbocycles. The largest absolute Gasteiger partial charge is 0.295 e. The molecule has 0 N–H and O–H groups in total. The van der Waals surface area contributed by atoms with Crippen molar-refractivity contribution in [1.82, 2.24) is 4.31 Å². The molecule has 3 aromatic carbocycles. The molecule has 0 unspecified atom stereocenters. The van der Waals surface area contributed by atoms with Crippen molar-refractivity contribution in [3.05, 3.63) is 102 Å². The van der Waals surface area contributed by atoms with Gasteiger partial charge in [-0.15, -0.1) is 0 Å². The highest BCUT2D eigenvalue weighted by Gasteiger charge is 2.25. The van der Waals surface area contributed by atoms with E-state index in [2.05, 4.69) is 0 Å². The molecule has 0 aromatic heterocycles. The van der Waals surface area contributed by atoms with Crippen molar-refractivity contribution in [3.63, 3.8) is 0 Å². The van der Waals surface area contributed by atoms with Gasteiger partial charge >= 0.3 is 0 Å². The number of benzene rings is 3. The predicted octanol–water partition coefficient (Wildman–Crippen LogP) is 4.28. The van der Waals surface area contributed by atoms with E-state index in [1.807, 2.05) is 60.7 Å². The highest BCUT2D eigenvalue weighted by molar-refractivity contribution is 7.89. The van der Waals surface area contributed by atoms with Crippen LogP contribution in [0.5, 0.6) is 0 Å². The van der Waals surface area contributed by atoms with Crippen molar-refractivity contribution < 1.29 is 13.2 Å². The normalized spacial score (nSPS) is 11.5. The van der Waals surface area contributed by atoms with Gasteiger partial charge in [-0.3, -0.25) is 4.79 Å². The second-order valence-electron chi connectivity index (χ2n) is 6.33. The van der Waals surface area contributed by atoms with Crippen molar-refractivity contribution in [2.24, 2.45) is 0 Å². The molecular weight excluding hydrogens is 358 g/mol. The molecule has 0 aliphatic heterocycles. The standard InChI is InChI=1S/C22H21NO3S/c1-18(24)21-13-8-14-22(15-21)27(25,26)23(16-19-9-4-2-5-10-19)17-20-11-6-3-7-12-20/h2-15H,16-17H2,1H3. The maximum atomic E-state index is 13.3. The highest BCUT2D eigenvalue weighted by Crippen LogP contribution is 2.22. The Bertz CT molecular complexity index is 974. The fourth-order valence-corrected chi connectivity index (χ4v) is 4.29. The Kier molecular flexibility index (Phi) is 5.84. The van der Waals surface area contributed by atoms with Crippen LogP contribution in [0.4, 0.5) is 0 Å². The Morgan fingerprint density at radius 1 is 0.778 bits per heavy atom. The van der Waals surface area contributed by atoms with E-state index >= 15 is 0 Å². The van der Waals surface area contributed by atoms with Crippen molar-refractivity contribution in [2.75, 3.05) is 0 Å². The predicted molar refractivity (Wildman–Crippen MR) is 106 cm³/mol. The van der Waals surface area contributed by atoms with Crippen LogP contribution in [0, 0.1) is 0 Å². The van der Waals surface area contributed by atoms with E-state index < -0.39 is 10.0 Å². The molecule has 0 heterocycles. The van der Waals surface area contributed by atoms with Gasteiger partial charge in [-0.05, 0) is 30.2 Å². The third-order valence-electron chi connectivity index (χ3n) is 4.28. The molecule has 0 bridgehead atoms. The number of nitrogens with zero attached hydrogens (tertiary/aromatic N) is 1. The lowest BCUT2D eigenvalue weighted by Crippen LogP contribution is -2.30. The summed E-state index contributed by atoms with van der Waals surface area (Å²) in [6, 6.07) is 25.2. The van der Waals surface area contributed by atoms with Crippen LogP contribution in [0.3, 0.4) is 0 Å². The minimum atomic E-state index is -3.77. The van der Waals surface area contributed by atoms with Gasteiger partial charge in [0.25, 0.3) is 0 Å². The zero-order valence-corrected chi connectivity index (χ0v) is 15.9. The zero-order chi connectivity index (χ0) is 19.3. The second kappa shape index (κ2) is 8.29. The number of hydrogen-bond acceptors (Lipinski definition) is 3. The van der Waals surface area contributed by atoms with E-state index in [9.17, 15) is 13.2 Å². The molecule has 27 heavy (non-hydrogen) atoms. The van der Waals surface area contributed by atoms with Gasteiger partial charge in [-0.2, -0.15) is 4.31 Å². The maximum absolute atomic E-state index is 13.3. The quantitative estimate of drug-likeness (QED) is 0.576. The highest BCUT2D eigenvalue weighted by atomic mass is 32.2. The van der Waals surface area contributed by atoms with Gasteiger partial charge in [0.15, 0.2) is 5.78 Å². The van der Waals surface area contributed by atoms with Gasteiger partial charge in [-0.25, -0.2) is 8.42 Å². The lowest BCUT2D eigenvalue weighted by atomic mass is 10.2. The number of ketones is 1. The summed E-state index contributed by atoms with van der Waals surface area (Å²) < 4.78 is 28.1. The summed E-state index contributed by atoms with van der Waals surface area (Å²) in [4.78, 5) is 11.8. The molecule has 0 aliphatic rings. The zero-order valence-electron chi connectivity index (χ0n) is 15.1. The Morgan fingerprint density at radius 3 is 1.78 bits per heavy atom. The number of Topliss-reactive ketones (excluding diaryl/α,β-unsaturated/α-hetero) is 1. The molecule has 0 saturated heterocycles. The molecule has 4 nitrogen and oxygen atoms in total. The van der Waals surface area contributed by atoms with Crippen LogP contribution in [0.25, 0.3) is 0 Å². The summed E-state index contributed by atoms with van der Waals surface area (Å²) in [6.07, 6.45) is 0. The fraction of sp³-hybridized carbons (Fsp3) is 0.136. The van der Waals surface area contributed by atoms with Crippen LogP contribution >= 0.6 is 0 Å². The molecule has 3 aromatic rings. The van der Waals surface area contributed by atoms with Gasteiger partial charge < -0.3 is 0 Å².